The molecule has 1 saturated heterocycles. The molecule has 11 heteroatoms. The number of nitrogens with one attached hydrogen (secondary N) is 3. The summed E-state index contributed by atoms with van der Waals surface area (Å²) in [6, 6.07) is 6.61. The number of benzene rings is 1. The third kappa shape index (κ3) is 5.56. The Balaban J connectivity index is 1.36. The lowest BCUT2D eigenvalue weighted by molar-refractivity contribution is -0.124. The van der Waals surface area contributed by atoms with Crippen LogP contribution in [0.4, 0.5) is 11.5 Å². The predicted octanol–water partition coefficient (Wildman–Crippen LogP) is 3.05. The van der Waals surface area contributed by atoms with Gasteiger partial charge in [-0.15, -0.1) is 0 Å². The molecule has 1 saturated carbocycles. The summed E-state index contributed by atoms with van der Waals surface area (Å²) < 4.78 is 29.4. The first-order chi connectivity index (χ1) is 18.6. The molecule has 2 aromatic rings. The van der Waals surface area contributed by atoms with Gasteiger partial charge in [0.05, 0.1) is 16.0 Å². The molecule has 1 aromatic carbocycles. The molecular weight excluding hydrogens is 520 g/mol. The van der Waals surface area contributed by atoms with Crippen LogP contribution < -0.4 is 16.0 Å². The van der Waals surface area contributed by atoms with Gasteiger partial charge in [0.2, 0.25) is 11.8 Å². The van der Waals surface area contributed by atoms with Crippen LogP contribution in [0.3, 0.4) is 0 Å². The van der Waals surface area contributed by atoms with E-state index in [-0.39, 0.29) is 28.1 Å². The van der Waals surface area contributed by atoms with Gasteiger partial charge in [0, 0.05) is 42.9 Å². The van der Waals surface area contributed by atoms with Crippen LogP contribution in [-0.4, -0.2) is 56.6 Å². The lowest BCUT2D eigenvalue weighted by Crippen LogP contribution is -2.49. The maximum atomic E-state index is 13.6. The van der Waals surface area contributed by atoms with E-state index in [0.29, 0.717) is 37.7 Å². The maximum Gasteiger partial charge on any atom is 0.251 e. The number of anilines is 2. The van der Waals surface area contributed by atoms with E-state index < -0.39 is 33.1 Å². The Bertz CT molecular complexity index is 1390. The summed E-state index contributed by atoms with van der Waals surface area (Å²) in [7, 11) is -3.49. The quantitative estimate of drug-likeness (QED) is 0.498. The summed E-state index contributed by atoms with van der Waals surface area (Å²) in [6.07, 6.45) is 7.33. The smallest absolute Gasteiger partial charge is 0.251 e. The molecule has 1 aromatic heterocycles. The van der Waals surface area contributed by atoms with Crippen molar-refractivity contribution in [1.82, 2.24) is 10.3 Å². The highest BCUT2D eigenvalue weighted by Crippen LogP contribution is 2.44. The largest absolute Gasteiger partial charge is 0.381 e. The lowest BCUT2D eigenvalue weighted by Gasteiger charge is -2.32. The fraction of sp³-hybridized carbons (Fsp3) is 0.500. The van der Waals surface area contributed by atoms with E-state index in [0.717, 1.165) is 37.5 Å². The second kappa shape index (κ2) is 10.7. The molecule has 3 N–H and O–H groups in total. The molecule has 2 aliphatic heterocycles. The molecule has 10 nitrogen and oxygen atoms in total. The van der Waals surface area contributed by atoms with Crippen LogP contribution in [0.25, 0.3) is 0 Å². The van der Waals surface area contributed by atoms with E-state index >= 15 is 0 Å². The summed E-state index contributed by atoms with van der Waals surface area (Å²) in [5, 5.41) is 8.64. The van der Waals surface area contributed by atoms with E-state index in [1.165, 1.54) is 24.3 Å². The molecule has 1 atom stereocenters. The molecule has 0 radical (unpaired) electrons. The van der Waals surface area contributed by atoms with Gasteiger partial charge >= 0.3 is 0 Å². The molecular formula is C28H34N4O6S. The van der Waals surface area contributed by atoms with Crippen molar-refractivity contribution in [1.29, 1.82) is 0 Å². The first-order valence-electron chi connectivity index (χ1n) is 13.4. The molecule has 1 spiro atoms. The van der Waals surface area contributed by atoms with Crippen molar-refractivity contribution >= 4 is 39.1 Å². The van der Waals surface area contributed by atoms with Gasteiger partial charge in [-0.2, -0.15) is 0 Å². The molecule has 3 aliphatic rings. The number of nitrogens with zero attached hydrogens (tertiary/aromatic N) is 1. The average molecular weight is 555 g/mol. The van der Waals surface area contributed by atoms with Gasteiger partial charge in [-0.1, -0.05) is 25.8 Å². The van der Waals surface area contributed by atoms with E-state index in [2.05, 4.69) is 27.9 Å². The second-order valence-corrected chi connectivity index (χ2v) is 13.0. The first-order valence-corrected chi connectivity index (χ1v) is 15.3. The SMILES string of the molecule is CS(=O)(=O)c1cccc(C(=O)N[C@H](C(=O)Nc2cc3c(cn2)C2(CCOCC2)C(=O)N3)[C@H]2CC[C@H](C)CC2)c1. The zero-order valence-corrected chi connectivity index (χ0v) is 23.0. The van der Waals surface area contributed by atoms with E-state index in [9.17, 15) is 22.8 Å². The van der Waals surface area contributed by atoms with Crippen LogP contribution >= 0.6 is 0 Å². The van der Waals surface area contributed by atoms with Crippen molar-refractivity contribution in [3.8, 4) is 0 Å². The lowest BCUT2D eigenvalue weighted by atomic mass is 9.76. The Hall–Kier alpha value is -3.31. The zero-order valence-electron chi connectivity index (χ0n) is 22.2. The summed E-state index contributed by atoms with van der Waals surface area (Å²) in [5.74, 6) is -0.251. The number of ether oxygens (including phenoxy) is 1. The number of amides is 3. The Labute approximate surface area is 228 Å². The third-order valence-corrected chi connectivity index (χ3v) is 9.44. The van der Waals surface area contributed by atoms with Gasteiger partial charge in [-0.05, 0) is 55.7 Å². The number of hydrogen-bond donors (Lipinski definition) is 3. The minimum Gasteiger partial charge on any atom is -0.381 e. The van der Waals surface area contributed by atoms with Crippen molar-refractivity contribution in [3.63, 3.8) is 0 Å². The van der Waals surface area contributed by atoms with Crippen molar-refractivity contribution in [2.45, 2.75) is 61.8 Å². The fourth-order valence-electron chi connectivity index (χ4n) is 5.90. The maximum absolute atomic E-state index is 13.6. The standard InChI is InChI=1S/C28H34N4O6S/c1-17-6-8-18(9-7-17)24(32-25(33)19-4-3-5-20(14-19)39(2,36)37)26(34)31-23-15-22-21(16-29-23)28(27(35)30-22)10-12-38-13-11-28/h3-5,14-18,24H,6-13H2,1-2H3,(H,30,35)(H,32,33)(H,29,31,34)/t17-,18-,24-/m0/s1. The van der Waals surface area contributed by atoms with Crippen LogP contribution in [0.2, 0.25) is 0 Å². The summed E-state index contributed by atoms with van der Waals surface area (Å²) in [5.41, 5.74) is 0.946. The van der Waals surface area contributed by atoms with Crippen molar-refractivity contribution in [3.05, 3.63) is 47.7 Å². The summed E-state index contributed by atoms with van der Waals surface area (Å²) in [4.78, 5) is 44.1. The van der Waals surface area contributed by atoms with Gasteiger partial charge < -0.3 is 20.7 Å². The summed E-state index contributed by atoms with van der Waals surface area (Å²) >= 11 is 0. The van der Waals surface area contributed by atoms with E-state index in [4.69, 9.17) is 4.74 Å². The third-order valence-electron chi connectivity index (χ3n) is 8.33. The Morgan fingerprint density at radius 3 is 2.54 bits per heavy atom. The molecule has 2 fully saturated rings. The monoisotopic (exact) mass is 554 g/mol. The number of rotatable bonds is 6. The molecule has 3 heterocycles. The number of carbonyl (C=O) groups excluding carboxylic acids is 3. The Morgan fingerprint density at radius 1 is 1.13 bits per heavy atom. The van der Waals surface area contributed by atoms with Crippen LogP contribution in [0, 0.1) is 11.8 Å². The van der Waals surface area contributed by atoms with Gasteiger partial charge in [0.15, 0.2) is 9.84 Å². The zero-order chi connectivity index (χ0) is 27.8. The van der Waals surface area contributed by atoms with Crippen molar-refractivity contribution in [2.24, 2.45) is 11.8 Å². The van der Waals surface area contributed by atoms with Gasteiger partial charge in [-0.3, -0.25) is 14.4 Å². The number of hydrogen-bond acceptors (Lipinski definition) is 7. The van der Waals surface area contributed by atoms with Gasteiger partial charge in [0.1, 0.15) is 11.9 Å². The number of carbonyl (C=O) groups is 3. The predicted molar refractivity (Wildman–Crippen MR) is 145 cm³/mol. The number of fused-ring (bicyclic) bond motifs is 2. The highest BCUT2D eigenvalue weighted by molar-refractivity contribution is 7.90. The molecule has 1 aliphatic carbocycles. The molecule has 3 amide bonds. The first kappa shape index (κ1) is 27.3. The molecule has 0 bridgehead atoms. The van der Waals surface area contributed by atoms with Crippen LogP contribution in [0.5, 0.6) is 0 Å². The topological polar surface area (TPSA) is 144 Å². The highest BCUT2D eigenvalue weighted by Gasteiger charge is 2.48. The van der Waals surface area contributed by atoms with E-state index in [1.807, 2.05) is 0 Å². The molecule has 39 heavy (non-hydrogen) atoms. The number of aromatic nitrogens is 1. The van der Waals surface area contributed by atoms with Crippen LogP contribution in [-0.2, 0) is 29.6 Å². The molecule has 0 unspecified atom stereocenters. The average Bonchev–Trinajstić information content (AvgIpc) is 3.17. The Morgan fingerprint density at radius 2 is 1.85 bits per heavy atom. The highest BCUT2D eigenvalue weighted by atomic mass is 32.2. The minimum atomic E-state index is -3.49. The van der Waals surface area contributed by atoms with E-state index in [1.54, 1.807) is 12.3 Å². The van der Waals surface area contributed by atoms with Crippen LogP contribution in [0.15, 0.2) is 41.4 Å². The van der Waals surface area contributed by atoms with Crippen molar-refractivity contribution < 1.29 is 27.5 Å². The number of pyridine rings is 1. The number of sulfone groups is 1. The minimum absolute atomic E-state index is 0.0364. The van der Waals surface area contributed by atoms with Gasteiger partial charge in [-0.25, -0.2) is 13.4 Å². The second-order valence-electron chi connectivity index (χ2n) is 11.0. The fourth-order valence-corrected chi connectivity index (χ4v) is 6.57. The molecule has 5 rings (SSSR count). The van der Waals surface area contributed by atoms with Gasteiger partial charge in [0.25, 0.3) is 5.91 Å². The normalized spacial score (nSPS) is 23.0. The molecule has 208 valence electrons. The summed E-state index contributed by atoms with van der Waals surface area (Å²) in [6.45, 7) is 3.17. The van der Waals surface area contributed by atoms with Crippen LogP contribution in [0.1, 0.15) is 61.4 Å². The van der Waals surface area contributed by atoms with Crippen molar-refractivity contribution in [2.75, 3.05) is 30.1 Å². The Kier molecular flexibility index (Phi) is 7.47.